The predicted molar refractivity (Wildman–Crippen MR) is 76.8 cm³/mol. The molecule has 0 bridgehead atoms. The second-order valence-corrected chi connectivity index (χ2v) is 4.44. The van der Waals surface area contributed by atoms with Crippen LogP contribution in [0.25, 0.3) is 11.0 Å². The SMILES string of the molecule is COn1c(N)c(N)c2ccn(Cc3ccccc3)c21. The molecule has 5 nitrogen and oxygen atoms in total. The summed E-state index contributed by atoms with van der Waals surface area (Å²) in [4.78, 5) is 5.31. The first-order valence-electron chi connectivity index (χ1n) is 6.05. The molecule has 0 saturated heterocycles. The van der Waals surface area contributed by atoms with E-state index in [0.29, 0.717) is 11.5 Å². The summed E-state index contributed by atoms with van der Waals surface area (Å²) in [6.07, 6.45) is 1.99. The first-order valence-corrected chi connectivity index (χ1v) is 6.05. The first-order chi connectivity index (χ1) is 9.22. The van der Waals surface area contributed by atoms with Crippen molar-refractivity contribution in [2.75, 3.05) is 18.6 Å². The standard InChI is InChI=1S/C14H16N4O/c1-19-18-13(16)12(15)11-7-8-17(14(11)18)9-10-5-3-2-4-6-10/h2-8H,9,15-16H2,1H3. The summed E-state index contributed by atoms with van der Waals surface area (Å²) in [7, 11) is 1.58. The zero-order valence-electron chi connectivity index (χ0n) is 10.7. The minimum absolute atomic E-state index is 0.440. The summed E-state index contributed by atoms with van der Waals surface area (Å²) in [6, 6.07) is 12.2. The number of nitrogen functional groups attached to an aromatic ring is 2. The maximum atomic E-state index is 5.98. The molecule has 98 valence electrons. The lowest BCUT2D eigenvalue weighted by atomic mass is 10.2. The fraction of sp³-hybridized carbons (Fsp3) is 0.143. The Labute approximate surface area is 110 Å². The van der Waals surface area contributed by atoms with Crippen LogP contribution in [0.4, 0.5) is 11.5 Å². The van der Waals surface area contributed by atoms with Crippen LogP contribution in [0, 0.1) is 0 Å². The number of aromatic nitrogens is 2. The Morgan fingerprint density at radius 2 is 1.84 bits per heavy atom. The molecule has 2 heterocycles. The third-order valence-corrected chi connectivity index (χ3v) is 3.29. The van der Waals surface area contributed by atoms with Crippen molar-refractivity contribution in [3.8, 4) is 0 Å². The van der Waals surface area contributed by atoms with Crippen molar-refractivity contribution in [3.05, 3.63) is 48.2 Å². The van der Waals surface area contributed by atoms with Gasteiger partial charge in [-0.25, -0.2) is 0 Å². The van der Waals surface area contributed by atoms with Gasteiger partial charge in [0.15, 0.2) is 11.5 Å². The number of benzene rings is 1. The quantitative estimate of drug-likeness (QED) is 0.749. The predicted octanol–water partition coefficient (Wildman–Crippen LogP) is 1.71. The Kier molecular flexibility index (Phi) is 2.59. The Bertz CT molecular complexity index is 712. The smallest absolute Gasteiger partial charge is 0.166 e. The molecule has 3 rings (SSSR count). The molecule has 19 heavy (non-hydrogen) atoms. The van der Waals surface area contributed by atoms with Gasteiger partial charge in [0, 0.05) is 18.1 Å². The van der Waals surface area contributed by atoms with Crippen LogP contribution in [0.3, 0.4) is 0 Å². The lowest BCUT2D eigenvalue weighted by Gasteiger charge is -2.09. The van der Waals surface area contributed by atoms with Gasteiger partial charge in [-0.1, -0.05) is 30.3 Å². The number of hydrogen-bond acceptors (Lipinski definition) is 3. The van der Waals surface area contributed by atoms with Crippen LogP contribution in [-0.2, 0) is 6.54 Å². The van der Waals surface area contributed by atoms with Crippen molar-refractivity contribution in [3.63, 3.8) is 0 Å². The fourth-order valence-electron chi connectivity index (χ4n) is 2.35. The van der Waals surface area contributed by atoms with Crippen LogP contribution in [0.1, 0.15) is 5.56 Å². The van der Waals surface area contributed by atoms with Gasteiger partial charge in [-0.15, -0.1) is 4.73 Å². The first kappa shape index (κ1) is 11.5. The molecule has 2 aromatic heterocycles. The highest BCUT2D eigenvalue weighted by Gasteiger charge is 2.16. The number of rotatable bonds is 3. The highest BCUT2D eigenvalue weighted by Crippen LogP contribution is 2.30. The third kappa shape index (κ3) is 1.71. The molecule has 0 aliphatic carbocycles. The maximum Gasteiger partial charge on any atom is 0.166 e. The molecule has 0 fully saturated rings. The monoisotopic (exact) mass is 256 g/mol. The second kappa shape index (κ2) is 4.28. The van der Waals surface area contributed by atoms with E-state index < -0.39 is 0 Å². The topological polar surface area (TPSA) is 71.1 Å². The number of hydrogen-bond donors (Lipinski definition) is 2. The summed E-state index contributed by atoms with van der Waals surface area (Å²) < 4.78 is 3.63. The third-order valence-electron chi connectivity index (χ3n) is 3.29. The summed E-state index contributed by atoms with van der Waals surface area (Å²) in [6.45, 7) is 0.747. The van der Waals surface area contributed by atoms with Crippen LogP contribution < -0.4 is 16.3 Å². The zero-order valence-corrected chi connectivity index (χ0v) is 10.7. The van der Waals surface area contributed by atoms with Crippen molar-refractivity contribution >= 4 is 22.5 Å². The van der Waals surface area contributed by atoms with E-state index >= 15 is 0 Å². The zero-order chi connectivity index (χ0) is 13.4. The molecule has 1 aromatic carbocycles. The lowest BCUT2D eigenvalue weighted by Crippen LogP contribution is -2.12. The van der Waals surface area contributed by atoms with Gasteiger partial charge < -0.3 is 20.9 Å². The Morgan fingerprint density at radius 1 is 1.11 bits per heavy atom. The molecule has 0 aliphatic heterocycles. The average molecular weight is 256 g/mol. The molecule has 0 amide bonds. The van der Waals surface area contributed by atoms with Gasteiger partial charge >= 0.3 is 0 Å². The van der Waals surface area contributed by atoms with E-state index in [4.69, 9.17) is 16.3 Å². The Balaban J connectivity index is 2.12. The molecule has 5 heteroatoms. The maximum absolute atomic E-state index is 5.98. The molecule has 4 N–H and O–H groups in total. The highest BCUT2D eigenvalue weighted by molar-refractivity contribution is 5.97. The minimum Gasteiger partial charge on any atom is -0.414 e. The van der Waals surface area contributed by atoms with E-state index in [1.54, 1.807) is 11.8 Å². The van der Waals surface area contributed by atoms with Gasteiger partial charge in [0.25, 0.3) is 0 Å². The Hall–Kier alpha value is -2.56. The molecule has 0 unspecified atom stereocenters. The lowest BCUT2D eigenvalue weighted by molar-refractivity contribution is 0.181. The van der Waals surface area contributed by atoms with E-state index in [0.717, 1.165) is 17.6 Å². The fourth-order valence-corrected chi connectivity index (χ4v) is 2.35. The highest BCUT2D eigenvalue weighted by atomic mass is 16.6. The van der Waals surface area contributed by atoms with Crippen molar-refractivity contribution in [2.24, 2.45) is 0 Å². The number of nitrogens with zero attached hydrogens (tertiary/aromatic N) is 2. The normalized spacial score (nSPS) is 11.0. The molecule has 0 spiro atoms. The second-order valence-electron chi connectivity index (χ2n) is 4.44. The molecule has 0 saturated carbocycles. The van der Waals surface area contributed by atoms with Gasteiger partial charge in [0.05, 0.1) is 5.69 Å². The summed E-state index contributed by atoms with van der Waals surface area (Å²) >= 11 is 0. The van der Waals surface area contributed by atoms with Crippen molar-refractivity contribution in [2.45, 2.75) is 6.54 Å². The summed E-state index contributed by atoms with van der Waals surface area (Å²) in [5.41, 5.74) is 14.6. The number of anilines is 2. The van der Waals surface area contributed by atoms with E-state index in [2.05, 4.69) is 16.7 Å². The molecule has 0 atom stereocenters. The van der Waals surface area contributed by atoms with Crippen molar-refractivity contribution < 1.29 is 4.84 Å². The van der Waals surface area contributed by atoms with Crippen molar-refractivity contribution in [1.29, 1.82) is 0 Å². The van der Waals surface area contributed by atoms with Gasteiger partial charge in [-0.05, 0) is 11.6 Å². The summed E-state index contributed by atoms with van der Waals surface area (Å²) in [5.74, 6) is 0.440. The summed E-state index contributed by atoms with van der Waals surface area (Å²) in [5, 5.41) is 0.912. The van der Waals surface area contributed by atoms with Gasteiger partial charge in [-0.2, -0.15) is 0 Å². The largest absolute Gasteiger partial charge is 0.414 e. The number of nitrogens with two attached hydrogens (primary N) is 2. The van der Waals surface area contributed by atoms with Gasteiger partial charge in [0.1, 0.15) is 7.11 Å². The molecule has 0 aliphatic rings. The van der Waals surface area contributed by atoms with Crippen LogP contribution in [0.15, 0.2) is 42.6 Å². The van der Waals surface area contributed by atoms with E-state index in [9.17, 15) is 0 Å². The van der Waals surface area contributed by atoms with E-state index in [1.807, 2.05) is 30.5 Å². The van der Waals surface area contributed by atoms with Crippen LogP contribution >= 0.6 is 0 Å². The molecular weight excluding hydrogens is 240 g/mol. The van der Waals surface area contributed by atoms with Crippen LogP contribution in [0.2, 0.25) is 0 Å². The number of fused-ring (bicyclic) bond motifs is 1. The minimum atomic E-state index is 0.440. The molecular formula is C14H16N4O. The van der Waals surface area contributed by atoms with Gasteiger partial charge in [-0.3, -0.25) is 0 Å². The van der Waals surface area contributed by atoms with Gasteiger partial charge in [0.2, 0.25) is 0 Å². The van der Waals surface area contributed by atoms with Crippen LogP contribution in [0.5, 0.6) is 0 Å². The Morgan fingerprint density at radius 3 is 2.53 bits per heavy atom. The van der Waals surface area contributed by atoms with E-state index in [-0.39, 0.29) is 0 Å². The van der Waals surface area contributed by atoms with Crippen molar-refractivity contribution in [1.82, 2.24) is 9.30 Å². The molecule has 3 aromatic rings. The molecule has 0 radical (unpaired) electrons. The van der Waals surface area contributed by atoms with E-state index in [1.165, 1.54) is 5.56 Å². The average Bonchev–Trinajstić information content (AvgIpc) is 2.93. The van der Waals surface area contributed by atoms with Crippen LogP contribution in [-0.4, -0.2) is 16.4 Å².